The predicted molar refractivity (Wildman–Crippen MR) is 64.7 cm³/mol. The molecule has 1 amide bonds. The van der Waals surface area contributed by atoms with Gasteiger partial charge in [0.1, 0.15) is 0 Å². The molecule has 0 bridgehead atoms. The summed E-state index contributed by atoms with van der Waals surface area (Å²) in [7, 11) is 0. The molecule has 1 heterocycles. The lowest BCUT2D eigenvalue weighted by Gasteiger charge is -2.39. The molecule has 0 radical (unpaired) electrons. The van der Waals surface area contributed by atoms with Gasteiger partial charge in [0.15, 0.2) is 0 Å². The minimum atomic E-state index is -0.851. The molecule has 2 unspecified atom stereocenters. The van der Waals surface area contributed by atoms with E-state index in [1.54, 1.807) is 0 Å². The molecule has 1 rings (SSSR count). The number of aliphatic carboxylic acids is 1. The van der Waals surface area contributed by atoms with Crippen LogP contribution in [0.15, 0.2) is 0 Å². The summed E-state index contributed by atoms with van der Waals surface area (Å²) in [6, 6.07) is 0.190. The van der Waals surface area contributed by atoms with Gasteiger partial charge in [0.2, 0.25) is 5.91 Å². The molecule has 2 atom stereocenters. The SMILES string of the molecule is CCC(C)N1CC(C(=O)O)CNC(=O)C1(C)C. The van der Waals surface area contributed by atoms with Gasteiger partial charge in [-0.15, -0.1) is 0 Å². The van der Waals surface area contributed by atoms with E-state index in [4.69, 9.17) is 5.11 Å². The first kappa shape index (κ1) is 14.0. The van der Waals surface area contributed by atoms with Gasteiger partial charge in [-0.25, -0.2) is 0 Å². The number of carboxylic acid groups (broad SMARTS) is 1. The topological polar surface area (TPSA) is 69.6 Å². The summed E-state index contributed by atoms with van der Waals surface area (Å²) in [6.45, 7) is 8.39. The lowest BCUT2D eigenvalue weighted by molar-refractivity contribution is -0.142. The lowest BCUT2D eigenvalue weighted by atomic mass is 9.98. The van der Waals surface area contributed by atoms with E-state index in [1.165, 1.54) is 0 Å². The van der Waals surface area contributed by atoms with Crippen molar-refractivity contribution in [3.63, 3.8) is 0 Å². The second-order valence-electron chi connectivity index (χ2n) is 5.21. The summed E-state index contributed by atoms with van der Waals surface area (Å²) in [4.78, 5) is 25.1. The largest absolute Gasteiger partial charge is 0.481 e. The summed E-state index contributed by atoms with van der Waals surface area (Å²) in [5.74, 6) is -1.48. The van der Waals surface area contributed by atoms with E-state index < -0.39 is 17.4 Å². The fourth-order valence-electron chi connectivity index (χ4n) is 2.21. The third kappa shape index (κ3) is 2.77. The van der Waals surface area contributed by atoms with Crippen molar-refractivity contribution in [2.24, 2.45) is 5.92 Å². The van der Waals surface area contributed by atoms with Gasteiger partial charge < -0.3 is 10.4 Å². The van der Waals surface area contributed by atoms with Crippen LogP contribution in [-0.2, 0) is 9.59 Å². The van der Waals surface area contributed by atoms with Crippen LogP contribution in [0.25, 0.3) is 0 Å². The predicted octanol–water partition coefficient (Wildman–Crippen LogP) is 0.696. The first-order valence-electron chi connectivity index (χ1n) is 6.08. The lowest BCUT2D eigenvalue weighted by Crippen LogP contribution is -2.56. The fraction of sp³-hybridized carbons (Fsp3) is 0.833. The molecular formula is C12H22N2O3. The number of nitrogens with one attached hydrogen (secondary N) is 1. The number of nitrogens with zero attached hydrogens (tertiary/aromatic N) is 1. The van der Waals surface area contributed by atoms with Crippen LogP contribution in [-0.4, -0.2) is 46.6 Å². The van der Waals surface area contributed by atoms with E-state index in [9.17, 15) is 9.59 Å². The molecule has 1 aliphatic rings. The standard InChI is InChI=1S/C12H22N2O3/c1-5-8(2)14-7-9(10(15)16)6-13-11(17)12(14,3)4/h8-9H,5-7H2,1-4H3,(H,13,17)(H,15,16). The van der Waals surface area contributed by atoms with Crippen LogP contribution in [0, 0.1) is 5.92 Å². The smallest absolute Gasteiger partial charge is 0.309 e. The van der Waals surface area contributed by atoms with Crippen LogP contribution in [0.1, 0.15) is 34.1 Å². The average molecular weight is 242 g/mol. The highest BCUT2D eigenvalue weighted by atomic mass is 16.4. The molecule has 0 saturated carbocycles. The van der Waals surface area contributed by atoms with E-state index in [-0.39, 0.29) is 18.5 Å². The Bertz CT molecular complexity index is 315. The van der Waals surface area contributed by atoms with Crippen molar-refractivity contribution in [2.75, 3.05) is 13.1 Å². The zero-order valence-corrected chi connectivity index (χ0v) is 11.0. The summed E-state index contributed by atoms with van der Waals surface area (Å²) in [6.07, 6.45) is 0.892. The van der Waals surface area contributed by atoms with Crippen molar-refractivity contribution in [3.8, 4) is 0 Å². The van der Waals surface area contributed by atoms with Crippen molar-refractivity contribution in [1.82, 2.24) is 10.2 Å². The Morgan fingerprint density at radius 3 is 2.71 bits per heavy atom. The van der Waals surface area contributed by atoms with Gasteiger partial charge in [-0.2, -0.15) is 0 Å². The highest BCUT2D eigenvalue weighted by Crippen LogP contribution is 2.24. The molecule has 1 saturated heterocycles. The summed E-state index contributed by atoms with van der Waals surface area (Å²) in [5, 5.41) is 11.8. The second kappa shape index (κ2) is 5.04. The van der Waals surface area contributed by atoms with Gasteiger partial charge in [-0.1, -0.05) is 6.92 Å². The van der Waals surface area contributed by atoms with E-state index in [1.807, 2.05) is 32.6 Å². The molecule has 0 aliphatic carbocycles. The van der Waals surface area contributed by atoms with E-state index in [0.717, 1.165) is 6.42 Å². The number of carbonyl (C=O) groups excluding carboxylic acids is 1. The van der Waals surface area contributed by atoms with Crippen LogP contribution in [0.5, 0.6) is 0 Å². The Labute approximate surface area is 102 Å². The van der Waals surface area contributed by atoms with Gasteiger partial charge in [0, 0.05) is 19.1 Å². The Morgan fingerprint density at radius 1 is 1.65 bits per heavy atom. The maximum atomic E-state index is 12.0. The number of amides is 1. The number of carboxylic acids is 1. The zero-order chi connectivity index (χ0) is 13.2. The van der Waals surface area contributed by atoms with Crippen molar-refractivity contribution >= 4 is 11.9 Å². The molecule has 5 heteroatoms. The third-order valence-corrected chi connectivity index (χ3v) is 3.67. The van der Waals surface area contributed by atoms with Gasteiger partial charge in [0.25, 0.3) is 0 Å². The second-order valence-corrected chi connectivity index (χ2v) is 5.21. The Morgan fingerprint density at radius 2 is 2.24 bits per heavy atom. The monoisotopic (exact) mass is 242 g/mol. The molecule has 17 heavy (non-hydrogen) atoms. The first-order chi connectivity index (χ1) is 7.80. The maximum Gasteiger partial charge on any atom is 0.309 e. The van der Waals surface area contributed by atoms with Gasteiger partial charge >= 0.3 is 5.97 Å². The van der Waals surface area contributed by atoms with Crippen molar-refractivity contribution in [3.05, 3.63) is 0 Å². The van der Waals surface area contributed by atoms with Crippen molar-refractivity contribution in [2.45, 2.75) is 45.7 Å². The van der Waals surface area contributed by atoms with Crippen molar-refractivity contribution in [1.29, 1.82) is 0 Å². The minimum Gasteiger partial charge on any atom is -0.481 e. The molecule has 2 N–H and O–H groups in total. The number of hydrogen-bond donors (Lipinski definition) is 2. The molecule has 0 aromatic carbocycles. The molecule has 98 valence electrons. The van der Waals surface area contributed by atoms with E-state index in [2.05, 4.69) is 5.32 Å². The Kier molecular flexibility index (Phi) is 4.14. The number of hydrogen-bond acceptors (Lipinski definition) is 3. The van der Waals surface area contributed by atoms with Crippen LogP contribution in [0.2, 0.25) is 0 Å². The molecule has 0 aromatic rings. The van der Waals surface area contributed by atoms with Crippen LogP contribution >= 0.6 is 0 Å². The zero-order valence-electron chi connectivity index (χ0n) is 11.0. The Balaban J connectivity index is 3.00. The van der Waals surface area contributed by atoms with Crippen LogP contribution in [0.4, 0.5) is 0 Å². The molecule has 1 aliphatic heterocycles. The molecule has 5 nitrogen and oxygen atoms in total. The van der Waals surface area contributed by atoms with Crippen LogP contribution < -0.4 is 5.32 Å². The van der Waals surface area contributed by atoms with Crippen LogP contribution in [0.3, 0.4) is 0 Å². The van der Waals surface area contributed by atoms with Crippen molar-refractivity contribution < 1.29 is 14.7 Å². The van der Waals surface area contributed by atoms with Gasteiger partial charge in [-0.05, 0) is 27.2 Å². The number of carbonyl (C=O) groups is 2. The quantitative estimate of drug-likeness (QED) is 0.764. The summed E-state index contributed by atoms with van der Waals surface area (Å²) >= 11 is 0. The average Bonchev–Trinajstić information content (AvgIpc) is 2.37. The molecule has 1 fully saturated rings. The minimum absolute atomic E-state index is 0.0958. The highest BCUT2D eigenvalue weighted by Gasteiger charge is 2.41. The molecular weight excluding hydrogens is 220 g/mol. The molecule has 0 aromatic heterocycles. The van der Waals surface area contributed by atoms with E-state index in [0.29, 0.717) is 6.54 Å². The maximum absolute atomic E-state index is 12.0. The normalized spacial score (nSPS) is 27.1. The number of rotatable bonds is 3. The third-order valence-electron chi connectivity index (χ3n) is 3.67. The van der Waals surface area contributed by atoms with Gasteiger partial charge in [0.05, 0.1) is 11.5 Å². The highest BCUT2D eigenvalue weighted by molar-refractivity contribution is 5.86. The van der Waals surface area contributed by atoms with Gasteiger partial charge in [-0.3, -0.25) is 14.5 Å². The fourth-order valence-corrected chi connectivity index (χ4v) is 2.21. The molecule has 0 spiro atoms. The summed E-state index contributed by atoms with van der Waals surface area (Å²) in [5.41, 5.74) is -0.653. The van der Waals surface area contributed by atoms with E-state index >= 15 is 0 Å². The Hall–Kier alpha value is -1.10. The summed E-state index contributed by atoms with van der Waals surface area (Å²) < 4.78 is 0. The first-order valence-corrected chi connectivity index (χ1v) is 6.08.